The number of nitrogens with zero attached hydrogens (tertiary/aromatic N) is 1. The number of hydrogen-bond acceptors (Lipinski definition) is 1. The van der Waals surface area contributed by atoms with Gasteiger partial charge in [-0.2, -0.15) is 0 Å². The molecule has 0 saturated heterocycles. The van der Waals surface area contributed by atoms with Crippen LogP contribution in [0.15, 0.2) is 17.1 Å². The van der Waals surface area contributed by atoms with Gasteiger partial charge in [-0.05, 0) is 56.3 Å². The molecular formula is C17H30N2. The van der Waals surface area contributed by atoms with Gasteiger partial charge in [-0.15, -0.1) is 0 Å². The molecular weight excluding hydrogens is 232 g/mol. The molecule has 3 unspecified atom stereocenters. The SMILES string of the molecule is CCCCC(N)=NC(CC)C1C=CC(C2CC2)CC1. The number of rotatable bonds is 7. The lowest BCUT2D eigenvalue weighted by molar-refractivity contribution is 0.375. The van der Waals surface area contributed by atoms with E-state index < -0.39 is 0 Å². The van der Waals surface area contributed by atoms with Gasteiger partial charge in [0.05, 0.1) is 11.9 Å². The summed E-state index contributed by atoms with van der Waals surface area (Å²) >= 11 is 0. The number of unbranched alkanes of at least 4 members (excludes halogenated alkanes) is 1. The van der Waals surface area contributed by atoms with Gasteiger partial charge in [-0.1, -0.05) is 32.4 Å². The van der Waals surface area contributed by atoms with E-state index in [4.69, 9.17) is 10.7 Å². The third kappa shape index (κ3) is 4.36. The molecule has 0 spiro atoms. The van der Waals surface area contributed by atoms with Crippen LogP contribution >= 0.6 is 0 Å². The maximum absolute atomic E-state index is 6.05. The van der Waals surface area contributed by atoms with Gasteiger partial charge < -0.3 is 5.73 Å². The van der Waals surface area contributed by atoms with E-state index in [1.807, 2.05) is 0 Å². The van der Waals surface area contributed by atoms with Gasteiger partial charge in [0.15, 0.2) is 0 Å². The van der Waals surface area contributed by atoms with E-state index in [1.165, 1.54) is 32.1 Å². The first kappa shape index (κ1) is 14.6. The highest BCUT2D eigenvalue weighted by atomic mass is 14.9. The molecule has 2 nitrogen and oxygen atoms in total. The molecule has 0 aromatic rings. The number of hydrogen-bond donors (Lipinski definition) is 1. The molecule has 2 aliphatic carbocycles. The highest BCUT2D eigenvalue weighted by Gasteiger charge is 2.32. The van der Waals surface area contributed by atoms with Crippen LogP contribution in [0, 0.1) is 17.8 Å². The smallest absolute Gasteiger partial charge is 0.0940 e. The molecule has 2 aliphatic rings. The Bertz CT molecular complexity index is 328. The first-order valence-electron chi connectivity index (χ1n) is 8.25. The lowest BCUT2D eigenvalue weighted by Gasteiger charge is -2.27. The molecule has 2 rings (SSSR count). The van der Waals surface area contributed by atoms with Crippen molar-refractivity contribution < 1.29 is 0 Å². The number of amidine groups is 1. The molecule has 108 valence electrons. The summed E-state index contributed by atoms with van der Waals surface area (Å²) in [5.41, 5.74) is 6.05. The van der Waals surface area contributed by atoms with Crippen molar-refractivity contribution in [3.05, 3.63) is 12.2 Å². The molecule has 0 radical (unpaired) electrons. The van der Waals surface area contributed by atoms with Crippen molar-refractivity contribution in [3.8, 4) is 0 Å². The predicted molar refractivity (Wildman–Crippen MR) is 83.3 cm³/mol. The first-order chi connectivity index (χ1) is 9.24. The monoisotopic (exact) mass is 262 g/mol. The molecule has 2 N–H and O–H groups in total. The maximum atomic E-state index is 6.05. The summed E-state index contributed by atoms with van der Waals surface area (Å²) in [6, 6.07) is 0.410. The highest BCUT2D eigenvalue weighted by molar-refractivity contribution is 5.80. The Morgan fingerprint density at radius 1 is 1.21 bits per heavy atom. The zero-order valence-corrected chi connectivity index (χ0v) is 12.6. The first-order valence-corrected chi connectivity index (χ1v) is 8.25. The van der Waals surface area contributed by atoms with Crippen LogP contribution in [0.4, 0.5) is 0 Å². The van der Waals surface area contributed by atoms with E-state index in [-0.39, 0.29) is 0 Å². The highest BCUT2D eigenvalue weighted by Crippen LogP contribution is 2.43. The van der Waals surface area contributed by atoms with E-state index in [1.54, 1.807) is 0 Å². The minimum Gasteiger partial charge on any atom is -0.387 e. The van der Waals surface area contributed by atoms with Gasteiger partial charge in [-0.25, -0.2) is 0 Å². The molecule has 0 aromatic carbocycles. The molecule has 0 aliphatic heterocycles. The molecule has 19 heavy (non-hydrogen) atoms. The average molecular weight is 262 g/mol. The topological polar surface area (TPSA) is 38.4 Å². The van der Waals surface area contributed by atoms with Crippen molar-refractivity contribution in [1.29, 1.82) is 0 Å². The van der Waals surface area contributed by atoms with Gasteiger partial charge in [0.2, 0.25) is 0 Å². The molecule has 0 bridgehead atoms. The van der Waals surface area contributed by atoms with Crippen LogP contribution in [0.25, 0.3) is 0 Å². The van der Waals surface area contributed by atoms with E-state index in [9.17, 15) is 0 Å². The fraction of sp³-hybridized carbons (Fsp3) is 0.824. The summed E-state index contributed by atoms with van der Waals surface area (Å²) in [4.78, 5) is 4.78. The van der Waals surface area contributed by atoms with E-state index in [0.29, 0.717) is 12.0 Å². The second-order valence-electron chi connectivity index (χ2n) is 6.33. The zero-order chi connectivity index (χ0) is 13.7. The van der Waals surface area contributed by atoms with E-state index in [0.717, 1.165) is 36.9 Å². The standard InChI is InChI=1S/C17H30N2/c1-3-5-6-17(18)19-16(4-2)15-11-9-14(10-12-15)13-7-8-13/h9,11,13-16H,3-8,10,12H2,1-2H3,(H2,18,19). The van der Waals surface area contributed by atoms with Gasteiger partial charge in [0.1, 0.15) is 0 Å². The van der Waals surface area contributed by atoms with E-state index >= 15 is 0 Å². The van der Waals surface area contributed by atoms with Crippen LogP contribution in [-0.4, -0.2) is 11.9 Å². The quantitative estimate of drug-likeness (QED) is 0.414. The average Bonchev–Trinajstić information content (AvgIpc) is 3.27. The minimum atomic E-state index is 0.410. The second-order valence-corrected chi connectivity index (χ2v) is 6.33. The number of nitrogens with two attached hydrogens (primary N) is 1. The van der Waals surface area contributed by atoms with Crippen molar-refractivity contribution in [2.24, 2.45) is 28.5 Å². The lowest BCUT2D eigenvalue weighted by atomic mass is 9.82. The minimum absolute atomic E-state index is 0.410. The molecule has 0 amide bonds. The van der Waals surface area contributed by atoms with Crippen LogP contribution in [0.3, 0.4) is 0 Å². The van der Waals surface area contributed by atoms with Gasteiger partial charge in [-0.3, -0.25) is 4.99 Å². The molecule has 0 heterocycles. The summed E-state index contributed by atoms with van der Waals surface area (Å²) in [5.74, 6) is 3.37. The van der Waals surface area contributed by atoms with Crippen molar-refractivity contribution >= 4 is 5.84 Å². The summed E-state index contributed by atoms with van der Waals surface area (Å²) in [5, 5.41) is 0. The Balaban J connectivity index is 1.88. The summed E-state index contributed by atoms with van der Waals surface area (Å²) < 4.78 is 0. The van der Waals surface area contributed by atoms with E-state index in [2.05, 4.69) is 26.0 Å². The molecule has 1 fully saturated rings. The Labute approximate surface area is 118 Å². The summed E-state index contributed by atoms with van der Waals surface area (Å²) in [6.45, 7) is 4.44. The van der Waals surface area contributed by atoms with Crippen LogP contribution in [0.2, 0.25) is 0 Å². The maximum Gasteiger partial charge on any atom is 0.0940 e. The van der Waals surface area contributed by atoms with Crippen molar-refractivity contribution in [1.82, 2.24) is 0 Å². The Morgan fingerprint density at radius 3 is 2.53 bits per heavy atom. The number of allylic oxidation sites excluding steroid dienone is 1. The normalized spacial score (nSPS) is 29.5. The third-order valence-electron chi connectivity index (χ3n) is 4.70. The lowest BCUT2D eigenvalue weighted by Crippen LogP contribution is -2.24. The molecule has 1 saturated carbocycles. The van der Waals surface area contributed by atoms with Crippen molar-refractivity contribution in [3.63, 3.8) is 0 Å². The Morgan fingerprint density at radius 2 is 2.00 bits per heavy atom. The van der Waals surface area contributed by atoms with Gasteiger partial charge in [0.25, 0.3) is 0 Å². The third-order valence-corrected chi connectivity index (χ3v) is 4.70. The van der Waals surface area contributed by atoms with Crippen LogP contribution in [-0.2, 0) is 0 Å². The zero-order valence-electron chi connectivity index (χ0n) is 12.6. The predicted octanol–water partition coefficient (Wildman–Crippen LogP) is 4.30. The Kier molecular flexibility index (Phi) is 5.47. The Hall–Kier alpha value is -0.790. The fourth-order valence-electron chi connectivity index (χ4n) is 3.23. The molecule has 3 atom stereocenters. The largest absolute Gasteiger partial charge is 0.387 e. The number of aliphatic imine (C=N–C) groups is 1. The second kappa shape index (κ2) is 7.12. The van der Waals surface area contributed by atoms with Crippen LogP contribution < -0.4 is 5.73 Å². The van der Waals surface area contributed by atoms with Crippen molar-refractivity contribution in [2.75, 3.05) is 0 Å². The van der Waals surface area contributed by atoms with Crippen molar-refractivity contribution in [2.45, 2.75) is 71.3 Å². The molecule has 0 aromatic heterocycles. The summed E-state index contributed by atoms with van der Waals surface area (Å²) in [6.07, 6.45) is 14.9. The molecule has 2 heteroatoms. The fourth-order valence-corrected chi connectivity index (χ4v) is 3.23. The van der Waals surface area contributed by atoms with Crippen LogP contribution in [0.5, 0.6) is 0 Å². The van der Waals surface area contributed by atoms with Gasteiger partial charge >= 0.3 is 0 Å². The summed E-state index contributed by atoms with van der Waals surface area (Å²) in [7, 11) is 0. The van der Waals surface area contributed by atoms with Gasteiger partial charge in [0, 0.05) is 6.42 Å². The van der Waals surface area contributed by atoms with Crippen LogP contribution in [0.1, 0.15) is 65.2 Å².